The Hall–Kier alpha value is -3.59. The minimum absolute atomic E-state index is 0.0226. The highest BCUT2D eigenvalue weighted by Crippen LogP contribution is 2.33. The number of nitrogens with one attached hydrogen (secondary N) is 2. The maximum atomic E-state index is 13.4. The van der Waals surface area contributed by atoms with E-state index in [1.807, 2.05) is 30.0 Å². The summed E-state index contributed by atoms with van der Waals surface area (Å²) in [6.07, 6.45) is 2.52. The lowest BCUT2D eigenvalue weighted by Crippen LogP contribution is -2.48. The van der Waals surface area contributed by atoms with Crippen molar-refractivity contribution in [1.82, 2.24) is 9.80 Å². The first-order valence-corrected chi connectivity index (χ1v) is 13.2. The average Bonchev–Trinajstić information content (AvgIpc) is 3.72. The second-order valence-corrected chi connectivity index (χ2v) is 10.4. The third-order valence-corrected chi connectivity index (χ3v) is 7.22. The molecule has 1 aliphatic heterocycles. The van der Waals surface area contributed by atoms with Gasteiger partial charge in [0.25, 0.3) is 5.91 Å². The summed E-state index contributed by atoms with van der Waals surface area (Å²) in [5.41, 5.74) is 1.53. The second-order valence-electron chi connectivity index (χ2n) is 10.4. The van der Waals surface area contributed by atoms with Gasteiger partial charge in [-0.1, -0.05) is 25.1 Å². The highest BCUT2D eigenvalue weighted by molar-refractivity contribution is 6.01. The highest BCUT2D eigenvalue weighted by Gasteiger charge is 2.33. The third kappa shape index (κ3) is 7.04. The van der Waals surface area contributed by atoms with Crippen LogP contribution in [-0.4, -0.2) is 73.6 Å². The van der Waals surface area contributed by atoms with Gasteiger partial charge in [0.05, 0.1) is 17.7 Å². The van der Waals surface area contributed by atoms with Crippen LogP contribution in [0.3, 0.4) is 0 Å². The first-order valence-electron chi connectivity index (χ1n) is 13.2. The van der Waals surface area contributed by atoms with Crippen molar-refractivity contribution in [2.24, 2.45) is 11.8 Å². The molecule has 3 atom stereocenters. The quantitative estimate of drug-likeness (QED) is 0.604. The van der Waals surface area contributed by atoms with E-state index in [0.29, 0.717) is 48.1 Å². The minimum atomic E-state index is -0.408. The molecule has 2 aromatic carbocycles. The fourth-order valence-corrected chi connectivity index (χ4v) is 4.70. The van der Waals surface area contributed by atoms with Gasteiger partial charge in [0.1, 0.15) is 12.4 Å². The van der Waals surface area contributed by atoms with Gasteiger partial charge in [-0.2, -0.15) is 0 Å². The van der Waals surface area contributed by atoms with E-state index in [2.05, 4.69) is 17.6 Å². The first-order chi connectivity index (χ1) is 18.2. The zero-order valence-electron chi connectivity index (χ0n) is 22.6. The molecule has 0 bridgehead atoms. The number of fused-ring (bicyclic) bond motifs is 1. The number of amides is 4. The summed E-state index contributed by atoms with van der Waals surface area (Å²) >= 11 is 0. The minimum Gasteiger partial charge on any atom is -0.491 e. The molecule has 204 valence electrons. The zero-order valence-corrected chi connectivity index (χ0v) is 22.6. The predicted octanol–water partition coefficient (Wildman–Crippen LogP) is 4.46. The number of para-hydroxylation sites is 1. The maximum absolute atomic E-state index is 13.4. The van der Waals surface area contributed by atoms with Crippen LogP contribution < -0.4 is 15.4 Å². The van der Waals surface area contributed by atoms with Crippen molar-refractivity contribution in [3.8, 4) is 5.75 Å². The molecule has 0 spiro atoms. The third-order valence-electron chi connectivity index (χ3n) is 7.22. The lowest BCUT2D eigenvalue weighted by molar-refractivity contribution is -0.135. The van der Waals surface area contributed by atoms with E-state index in [9.17, 15) is 14.4 Å². The summed E-state index contributed by atoms with van der Waals surface area (Å²) in [4.78, 5) is 42.7. The Labute approximate surface area is 224 Å². The van der Waals surface area contributed by atoms with Crippen molar-refractivity contribution in [3.05, 3.63) is 54.1 Å². The Morgan fingerprint density at radius 1 is 1.03 bits per heavy atom. The number of likely N-dealkylation sites (N-methyl/N-ethyl adjacent to an activating group) is 1. The SMILES string of the molecule is CO[C@H]1CN(C)C(=O)c2ccc(NC(=O)Nc3ccccc3)cc2OC[C@H](C)N(C(=O)CC2CC2)C[C@@H]1C. The molecular weight excluding hydrogens is 484 g/mol. The van der Waals surface area contributed by atoms with Crippen LogP contribution in [0.25, 0.3) is 0 Å². The topological polar surface area (TPSA) is 100 Å². The van der Waals surface area contributed by atoms with Gasteiger partial charge in [-0.25, -0.2) is 4.79 Å². The molecular formula is C29H38N4O5. The van der Waals surface area contributed by atoms with Gasteiger partial charge >= 0.3 is 6.03 Å². The van der Waals surface area contributed by atoms with Crippen LogP contribution >= 0.6 is 0 Å². The zero-order chi connectivity index (χ0) is 27.2. The number of hydrogen-bond donors (Lipinski definition) is 2. The fraction of sp³-hybridized carbons (Fsp3) is 0.483. The normalized spacial score (nSPS) is 22.4. The Bertz CT molecular complexity index is 1140. The van der Waals surface area contributed by atoms with Crippen LogP contribution in [0.15, 0.2) is 48.5 Å². The standard InChI is InChI=1S/C29H38N4O5/c1-19-16-33(27(34)14-21-10-11-21)20(2)18-38-25-15-23(31-29(36)30-22-8-6-5-7-9-22)12-13-24(25)28(35)32(3)17-26(19)37-4/h5-9,12-13,15,19-21,26H,10-11,14,16-18H2,1-4H3,(H2,30,31,36)/t19-,20-,26-/m0/s1. The predicted molar refractivity (Wildman–Crippen MR) is 146 cm³/mol. The van der Waals surface area contributed by atoms with Crippen molar-refractivity contribution in [2.75, 3.05) is 44.5 Å². The number of rotatable bonds is 5. The first kappa shape index (κ1) is 27.4. The molecule has 2 aromatic rings. The van der Waals surface area contributed by atoms with Crippen LogP contribution in [0.5, 0.6) is 5.75 Å². The van der Waals surface area contributed by atoms with Crippen LogP contribution in [0.1, 0.15) is 43.5 Å². The summed E-state index contributed by atoms with van der Waals surface area (Å²) in [6.45, 7) is 5.12. The molecule has 1 fully saturated rings. The Morgan fingerprint density at radius 3 is 2.42 bits per heavy atom. The molecule has 9 nitrogen and oxygen atoms in total. The van der Waals surface area contributed by atoms with E-state index < -0.39 is 6.03 Å². The summed E-state index contributed by atoms with van der Waals surface area (Å²) in [6, 6.07) is 13.5. The number of ether oxygens (including phenoxy) is 2. The molecule has 0 saturated heterocycles. The molecule has 4 amide bonds. The largest absolute Gasteiger partial charge is 0.491 e. The number of anilines is 2. The Morgan fingerprint density at radius 2 is 1.74 bits per heavy atom. The fourth-order valence-electron chi connectivity index (χ4n) is 4.70. The van der Waals surface area contributed by atoms with Crippen molar-refractivity contribution in [2.45, 2.75) is 45.3 Å². The van der Waals surface area contributed by atoms with E-state index in [4.69, 9.17) is 9.47 Å². The molecule has 1 saturated carbocycles. The molecule has 0 radical (unpaired) electrons. The van der Waals surface area contributed by atoms with Crippen LogP contribution in [-0.2, 0) is 9.53 Å². The smallest absolute Gasteiger partial charge is 0.323 e. The van der Waals surface area contributed by atoms with Crippen molar-refractivity contribution < 1.29 is 23.9 Å². The van der Waals surface area contributed by atoms with E-state index in [0.717, 1.165) is 12.8 Å². The summed E-state index contributed by atoms with van der Waals surface area (Å²) in [7, 11) is 3.37. The molecule has 0 aromatic heterocycles. The lowest BCUT2D eigenvalue weighted by Gasteiger charge is -2.36. The number of carbonyl (C=O) groups is 3. The molecule has 0 unspecified atom stereocenters. The van der Waals surface area contributed by atoms with Crippen molar-refractivity contribution in [1.29, 1.82) is 0 Å². The Balaban J connectivity index is 1.58. The van der Waals surface area contributed by atoms with Gasteiger partial charge < -0.3 is 29.9 Å². The van der Waals surface area contributed by atoms with Gasteiger partial charge in [-0.05, 0) is 49.9 Å². The molecule has 38 heavy (non-hydrogen) atoms. The number of urea groups is 1. The monoisotopic (exact) mass is 522 g/mol. The number of benzene rings is 2. The van der Waals surface area contributed by atoms with Gasteiger partial charge in [-0.3, -0.25) is 9.59 Å². The summed E-state index contributed by atoms with van der Waals surface area (Å²) < 4.78 is 11.9. The molecule has 4 rings (SSSR count). The van der Waals surface area contributed by atoms with Crippen LogP contribution in [0.4, 0.5) is 16.2 Å². The number of nitrogens with zero attached hydrogens (tertiary/aromatic N) is 2. The van der Waals surface area contributed by atoms with Gasteiger partial charge in [0.15, 0.2) is 0 Å². The number of hydrogen-bond acceptors (Lipinski definition) is 5. The lowest BCUT2D eigenvalue weighted by atomic mass is 10.0. The van der Waals surface area contributed by atoms with Crippen molar-refractivity contribution in [3.63, 3.8) is 0 Å². The summed E-state index contributed by atoms with van der Waals surface area (Å²) in [5, 5.41) is 5.58. The van der Waals surface area contributed by atoms with Gasteiger partial charge in [-0.15, -0.1) is 0 Å². The molecule has 1 heterocycles. The van der Waals surface area contributed by atoms with E-state index in [1.165, 1.54) is 0 Å². The Kier molecular flexibility index (Phi) is 8.89. The number of carbonyl (C=O) groups excluding carboxylic acids is 3. The molecule has 2 aliphatic rings. The van der Waals surface area contributed by atoms with E-state index in [1.54, 1.807) is 49.4 Å². The average molecular weight is 523 g/mol. The molecule has 2 N–H and O–H groups in total. The van der Waals surface area contributed by atoms with Crippen LogP contribution in [0, 0.1) is 11.8 Å². The van der Waals surface area contributed by atoms with Crippen molar-refractivity contribution >= 4 is 29.2 Å². The van der Waals surface area contributed by atoms with E-state index >= 15 is 0 Å². The maximum Gasteiger partial charge on any atom is 0.323 e. The van der Waals surface area contributed by atoms with Crippen LogP contribution in [0.2, 0.25) is 0 Å². The highest BCUT2D eigenvalue weighted by atomic mass is 16.5. The van der Waals surface area contributed by atoms with Gasteiger partial charge in [0, 0.05) is 57.0 Å². The van der Waals surface area contributed by atoms with Gasteiger partial charge in [0.2, 0.25) is 5.91 Å². The molecule has 1 aliphatic carbocycles. The van der Waals surface area contributed by atoms with E-state index in [-0.39, 0.29) is 36.5 Å². The summed E-state index contributed by atoms with van der Waals surface area (Å²) in [5.74, 6) is 0.771. The second kappa shape index (κ2) is 12.3. The number of methoxy groups -OCH3 is 1. The molecule has 9 heteroatoms.